The Morgan fingerprint density at radius 3 is 2.74 bits per heavy atom. The molecule has 0 amide bonds. The van der Waals surface area contributed by atoms with Gasteiger partial charge in [-0.25, -0.2) is 9.78 Å². The van der Waals surface area contributed by atoms with E-state index in [0.717, 1.165) is 20.0 Å². The SMILES string of the molecule is Cc1csc(-c2cc3cc(Br)cc(Br)c3oc2=O)n1. The molecule has 0 aliphatic rings. The molecule has 6 heteroatoms. The third-order valence-corrected chi connectivity index (χ3v) is 4.64. The Labute approximate surface area is 129 Å². The molecule has 0 aliphatic heterocycles. The summed E-state index contributed by atoms with van der Waals surface area (Å²) >= 11 is 8.25. The van der Waals surface area contributed by atoms with Crippen molar-refractivity contribution >= 4 is 54.2 Å². The topological polar surface area (TPSA) is 43.1 Å². The van der Waals surface area contributed by atoms with E-state index in [1.165, 1.54) is 11.3 Å². The minimum absolute atomic E-state index is 0.370. The first-order valence-electron chi connectivity index (χ1n) is 5.40. The molecule has 0 aliphatic carbocycles. The first-order chi connectivity index (χ1) is 9.04. The zero-order valence-electron chi connectivity index (χ0n) is 9.74. The molecule has 2 heterocycles. The maximum absolute atomic E-state index is 12.0. The van der Waals surface area contributed by atoms with Gasteiger partial charge in [-0.05, 0) is 41.1 Å². The predicted octanol–water partition coefficient (Wildman–Crippen LogP) is 4.75. The number of nitrogens with zero attached hydrogens (tertiary/aromatic N) is 1. The highest BCUT2D eigenvalue weighted by atomic mass is 79.9. The van der Waals surface area contributed by atoms with Gasteiger partial charge >= 0.3 is 5.63 Å². The molecule has 2 aromatic heterocycles. The van der Waals surface area contributed by atoms with Gasteiger partial charge in [-0.15, -0.1) is 11.3 Å². The minimum Gasteiger partial charge on any atom is -0.421 e. The van der Waals surface area contributed by atoms with Crippen molar-refractivity contribution in [2.75, 3.05) is 0 Å². The molecule has 0 saturated heterocycles. The molecule has 0 radical (unpaired) electrons. The lowest BCUT2D eigenvalue weighted by Gasteiger charge is -2.02. The van der Waals surface area contributed by atoms with Gasteiger partial charge in [-0.1, -0.05) is 15.9 Å². The van der Waals surface area contributed by atoms with E-state index < -0.39 is 0 Å². The molecule has 0 N–H and O–H groups in total. The highest BCUT2D eigenvalue weighted by Crippen LogP contribution is 2.30. The number of aromatic nitrogens is 1. The molecule has 3 nitrogen and oxygen atoms in total. The summed E-state index contributed by atoms with van der Waals surface area (Å²) in [7, 11) is 0. The lowest BCUT2D eigenvalue weighted by Crippen LogP contribution is -2.02. The van der Waals surface area contributed by atoms with E-state index in [1.54, 1.807) is 0 Å². The van der Waals surface area contributed by atoms with Crippen molar-refractivity contribution in [3.63, 3.8) is 0 Å². The van der Waals surface area contributed by atoms with Crippen molar-refractivity contribution in [2.45, 2.75) is 6.92 Å². The Kier molecular flexibility index (Phi) is 3.32. The Morgan fingerprint density at radius 2 is 2.05 bits per heavy atom. The maximum Gasteiger partial charge on any atom is 0.346 e. The Bertz CT molecular complexity index is 838. The molecule has 0 atom stereocenters. The van der Waals surface area contributed by atoms with Crippen LogP contribution in [-0.4, -0.2) is 4.98 Å². The third-order valence-electron chi connectivity index (χ3n) is 2.60. The van der Waals surface area contributed by atoms with Crippen LogP contribution in [-0.2, 0) is 0 Å². The first-order valence-corrected chi connectivity index (χ1v) is 7.86. The summed E-state index contributed by atoms with van der Waals surface area (Å²) in [5.41, 5.74) is 1.57. The summed E-state index contributed by atoms with van der Waals surface area (Å²) in [5.74, 6) is 0. The van der Waals surface area contributed by atoms with Crippen molar-refractivity contribution in [1.29, 1.82) is 0 Å². The predicted molar refractivity (Wildman–Crippen MR) is 83.7 cm³/mol. The molecule has 0 unspecified atom stereocenters. The molecule has 3 aromatic rings. The minimum atomic E-state index is -0.370. The molecule has 0 fully saturated rings. The van der Waals surface area contributed by atoms with Crippen molar-refractivity contribution in [1.82, 2.24) is 4.98 Å². The maximum atomic E-state index is 12.0. The molecule has 0 saturated carbocycles. The molecule has 3 rings (SSSR count). The Balaban J connectivity index is 2.33. The van der Waals surface area contributed by atoms with Gasteiger partial charge < -0.3 is 4.42 Å². The summed E-state index contributed by atoms with van der Waals surface area (Å²) in [4.78, 5) is 16.4. The van der Waals surface area contributed by atoms with Crippen LogP contribution in [0, 0.1) is 6.92 Å². The number of fused-ring (bicyclic) bond motifs is 1. The van der Waals surface area contributed by atoms with Gasteiger partial charge in [-0.3, -0.25) is 0 Å². The van der Waals surface area contributed by atoms with Crippen LogP contribution in [0.2, 0.25) is 0 Å². The van der Waals surface area contributed by atoms with Gasteiger partial charge in [-0.2, -0.15) is 0 Å². The Morgan fingerprint density at radius 1 is 1.26 bits per heavy atom. The van der Waals surface area contributed by atoms with Gasteiger partial charge in [0, 0.05) is 20.9 Å². The van der Waals surface area contributed by atoms with Crippen LogP contribution in [0.4, 0.5) is 0 Å². The van der Waals surface area contributed by atoms with E-state index in [9.17, 15) is 4.79 Å². The number of hydrogen-bond acceptors (Lipinski definition) is 4. The smallest absolute Gasteiger partial charge is 0.346 e. The van der Waals surface area contributed by atoms with Crippen molar-refractivity contribution in [2.24, 2.45) is 0 Å². The van der Waals surface area contributed by atoms with Crippen LogP contribution >= 0.6 is 43.2 Å². The summed E-state index contributed by atoms with van der Waals surface area (Å²) in [6.07, 6.45) is 0. The monoisotopic (exact) mass is 399 g/mol. The van der Waals surface area contributed by atoms with Gasteiger partial charge in [0.1, 0.15) is 5.01 Å². The number of benzene rings is 1. The highest BCUT2D eigenvalue weighted by Gasteiger charge is 2.13. The second-order valence-corrected chi connectivity index (χ2v) is 6.68. The Hall–Kier alpha value is -0.980. The molecule has 19 heavy (non-hydrogen) atoms. The number of hydrogen-bond donors (Lipinski definition) is 0. The lowest BCUT2D eigenvalue weighted by molar-refractivity contribution is 0.561. The van der Waals surface area contributed by atoms with Crippen LogP contribution in [0.1, 0.15) is 5.69 Å². The molecule has 0 bridgehead atoms. The van der Waals surface area contributed by atoms with E-state index in [0.29, 0.717) is 16.2 Å². The third kappa shape index (κ3) is 2.40. The fraction of sp³-hybridized carbons (Fsp3) is 0.0769. The molecular formula is C13H7Br2NO2S. The average Bonchev–Trinajstić information content (AvgIpc) is 2.76. The molecule has 0 spiro atoms. The van der Waals surface area contributed by atoms with Crippen LogP contribution in [0.15, 0.2) is 41.7 Å². The zero-order chi connectivity index (χ0) is 13.6. The number of halogens is 2. The van der Waals surface area contributed by atoms with Gasteiger partial charge in [0.05, 0.1) is 10.0 Å². The summed E-state index contributed by atoms with van der Waals surface area (Å²) < 4.78 is 7.05. The van der Waals surface area contributed by atoms with E-state index in [2.05, 4.69) is 36.8 Å². The summed E-state index contributed by atoms with van der Waals surface area (Å²) in [6, 6.07) is 5.57. The molecule has 1 aromatic carbocycles. The van der Waals surface area contributed by atoms with Gasteiger partial charge in [0.15, 0.2) is 5.58 Å². The zero-order valence-corrected chi connectivity index (χ0v) is 13.7. The van der Waals surface area contributed by atoms with E-state index >= 15 is 0 Å². The standard InChI is InChI=1S/C13H7Br2NO2S/c1-6-5-19-12(16-6)9-3-7-2-8(14)4-10(15)11(7)18-13(9)17/h2-5H,1H3. The number of rotatable bonds is 1. The number of thiazole rings is 1. The quantitative estimate of drug-likeness (QED) is 0.553. The average molecular weight is 401 g/mol. The fourth-order valence-electron chi connectivity index (χ4n) is 1.78. The second kappa shape index (κ2) is 4.85. The second-order valence-electron chi connectivity index (χ2n) is 4.05. The van der Waals surface area contributed by atoms with E-state index in [-0.39, 0.29) is 5.63 Å². The van der Waals surface area contributed by atoms with Crippen LogP contribution in [0.3, 0.4) is 0 Å². The van der Waals surface area contributed by atoms with Crippen molar-refractivity contribution in [3.05, 3.63) is 48.6 Å². The van der Waals surface area contributed by atoms with E-state index in [1.807, 2.05) is 30.5 Å². The van der Waals surface area contributed by atoms with Crippen molar-refractivity contribution < 1.29 is 4.42 Å². The van der Waals surface area contributed by atoms with E-state index in [4.69, 9.17) is 4.42 Å². The largest absolute Gasteiger partial charge is 0.421 e. The highest BCUT2D eigenvalue weighted by molar-refractivity contribution is 9.11. The summed E-state index contributed by atoms with van der Waals surface area (Å²) in [6.45, 7) is 1.90. The number of aryl methyl sites for hydroxylation is 1. The summed E-state index contributed by atoms with van der Waals surface area (Å²) in [5, 5.41) is 3.45. The fourth-order valence-corrected chi connectivity index (χ4v) is 3.92. The van der Waals surface area contributed by atoms with Crippen LogP contribution < -0.4 is 5.63 Å². The first kappa shape index (κ1) is 13.0. The molecule has 96 valence electrons. The van der Waals surface area contributed by atoms with Crippen LogP contribution in [0.5, 0.6) is 0 Å². The van der Waals surface area contributed by atoms with Crippen molar-refractivity contribution in [3.8, 4) is 10.6 Å². The van der Waals surface area contributed by atoms with Gasteiger partial charge in [0.25, 0.3) is 0 Å². The lowest BCUT2D eigenvalue weighted by atomic mass is 10.2. The van der Waals surface area contributed by atoms with Gasteiger partial charge in [0.2, 0.25) is 0 Å². The normalized spacial score (nSPS) is 11.1. The molecular weight excluding hydrogens is 394 g/mol. The van der Waals surface area contributed by atoms with Crippen LogP contribution in [0.25, 0.3) is 21.5 Å².